The number of hydrogen-bond acceptors (Lipinski definition) is 3. The summed E-state index contributed by atoms with van der Waals surface area (Å²) in [6.07, 6.45) is 1.88. The van der Waals surface area contributed by atoms with Crippen LogP contribution in [-0.2, 0) is 16.0 Å². The predicted molar refractivity (Wildman–Crippen MR) is 121 cm³/mol. The van der Waals surface area contributed by atoms with Crippen LogP contribution < -0.4 is 10.6 Å². The lowest BCUT2D eigenvalue weighted by Gasteiger charge is -2.19. The van der Waals surface area contributed by atoms with Gasteiger partial charge in [0.25, 0.3) is 0 Å². The largest absolute Gasteiger partial charge is 0.357 e. The van der Waals surface area contributed by atoms with Crippen LogP contribution in [0.3, 0.4) is 0 Å². The molecule has 1 heterocycles. The van der Waals surface area contributed by atoms with Crippen molar-refractivity contribution < 1.29 is 9.59 Å². The molecule has 0 saturated carbocycles. The summed E-state index contributed by atoms with van der Waals surface area (Å²) in [4.78, 5) is 32.9. The topological polar surface area (TPSA) is 77.0 Å². The molecule has 1 aromatic carbocycles. The average molecular weight is 416 g/mol. The maximum atomic E-state index is 12.3. The van der Waals surface area contributed by atoms with Gasteiger partial charge < -0.3 is 20.4 Å². The molecular formula is C23H37N5O2. The lowest BCUT2D eigenvalue weighted by atomic mass is 10.1. The molecule has 0 bridgehead atoms. The summed E-state index contributed by atoms with van der Waals surface area (Å²) in [5.74, 6) is 1.31. The Kier molecular flexibility index (Phi) is 10.2. The zero-order valence-corrected chi connectivity index (χ0v) is 18.7. The van der Waals surface area contributed by atoms with Crippen LogP contribution in [0.4, 0.5) is 0 Å². The summed E-state index contributed by atoms with van der Waals surface area (Å²) < 4.78 is 0. The summed E-state index contributed by atoms with van der Waals surface area (Å²) in [6.45, 7) is 10.9. The molecule has 0 aliphatic carbocycles. The van der Waals surface area contributed by atoms with Gasteiger partial charge in [0.15, 0.2) is 5.96 Å². The number of guanidine groups is 1. The second kappa shape index (κ2) is 12.9. The lowest BCUT2D eigenvalue weighted by molar-refractivity contribution is -0.130. The van der Waals surface area contributed by atoms with E-state index in [9.17, 15) is 9.59 Å². The minimum atomic E-state index is 0.152. The quantitative estimate of drug-likeness (QED) is 0.427. The molecule has 1 aliphatic rings. The molecule has 30 heavy (non-hydrogen) atoms. The molecule has 1 aromatic rings. The molecule has 0 spiro atoms. The third kappa shape index (κ3) is 7.69. The van der Waals surface area contributed by atoms with Crippen molar-refractivity contribution >= 4 is 17.8 Å². The molecule has 1 atom stereocenters. The first-order valence-corrected chi connectivity index (χ1v) is 11.2. The van der Waals surface area contributed by atoms with E-state index in [0.29, 0.717) is 31.9 Å². The first-order valence-electron chi connectivity index (χ1n) is 11.2. The fraction of sp³-hybridized carbons (Fsp3) is 0.609. The van der Waals surface area contributed by atoms with Gasteiger partial charge in [0, 0.05) is 64.6 Å². The van der Waals surface area contributed by atoms with Crippen LogP contribution in [0.15, 0.2) is 35.3 Å². The van der Waals surface area contributed by atoms with Crippen molar-refractivity contribution in [2.45, 2.75) is 40.0 Å². The Hall–Kier alpha value is -2.57. The van der Waals surface area contributed by atoms with Gasteiger partial charge in [-0.05, 0) is 32.8 Å². The van der Waals surface area contributed by atoms with Gasteiger partial charge in [0.2, 0.25) is 11.8 Å². The van der Waals surface area contributed by atoms with Crippen LogP contribution in [0.25, 0.3) is 0 Å². The molecule has 7 nitrogen and oxygen atoms in total. The molecule has 2 N–H and O–H groups in total. The monoisotopic (exact) mass is 415 g/mol. The molecular weight excluding hydrogens is 378 g/mol. The van der Waals surface area contributed by atoms with Gasteiger partial charge in [-0.25, -0.2) is 0 Å². The van der Waals surface area contributed by atoms with Crippen molar-refractivity contribution in [2.24, 2.45) is 10.9 Å². The van der Waals surface area contributed by atoms with E-state index >= 15 is 0 Å². The van der Waals surface area contributed by atoms with E-state index in [2.05, 4.69) is 27.8 Å². The van der Waals surface area contributed by atoms with E-state index in [-0.39, 0.29) is 17.7 Å². The fourth-order valence-electron chi connectivity index (χ4n) is 3.69. The molecule has 2 rings (SSSR count). The van der Waals surface area contributed by atoms with Crippen molar-refractivity contribution in [1.29, 1.82) is 0 Å². The van der Waals surface area contributed by atoms with Gasteiger partial charge in [-0.1, -0.05) is 30.3 Å². The highest BCUT2D eigenvalue weighted by molar-refractivity contribution is 5.81. The first-order chi connectivity index (χ1) is 14.6. The Morgan fingerprint density at radius 1 is 1.17 bits per heavy atom. The zero-order valence-electron chi connectivity index (χ0n) is 18.7. The summed E-state index contributed by atoms with van der Waals surface area (Å²) in [5, 5.41) is 6.46. The van der Waals surface area contributed by atoms with E-state index in [4.69, 9.17) is 0 Å². The van der Waals surface area contributed by atoms with Gasteiger partial charge in [-0.2, -0.15) is 0 Å². The number of amides is 2. The number of nitrogens with zero attached hydrogens (tertiary/aromatic N) is 3. The Labute approximate surface area is 180 Å². The summed E-state index contributed by atoms with van der Waals surface area (Å²) >= 11 is 0. The highest BCUT2D eigenvalue weighted by Crippen LogP contribution is 2.18. The molecule has 1 saturated heterocycles. The second-order valence-electron chi connectivity index (χ2n) is 7.61. The van der Waals surface area contributed by atoms with Crippen molar-refractivity contribution in [3.8, 4) is 0 Å². The van der Waals surface area contributed by atoms with Crippen LogP contribution in [-0.4, -0.2) is 73.4 Å². The molecule has 2 amide bonds. The highest BCUT2D eigenvalue weighted by atomic mass is 16.2. The minimum absolute atomic E-state index is 0.152. The SMILES string of the molecule is CCNC(=NCC1CC(=O)N(CCc2ccccc2)C1)NCCC(=O)N(CC)CC. The molecule has 0 aromatic heterocycles. The molecule has 1 unspecified atom stereocenters. The highest BCUT2D eigenvalue weighted by Gasteiger charge is 2.29. The predicted octanol–water partition coefficient (Wildman–Crippen LogP) is 1.89. The molecule has 166 valence electrons. The Morgan fingerprint density at radius 2 is 1.90 bits per heavy atom. The summed E-state index contributed by atoms with van der Waals surface area (Å²) in [5.41, 5.74) is 1.25. The van der Waals surface area contributed by atoms with Crippen molar-refractivity contribution in [1.82, 2.24) is 20.4 Å². The summed E-state index contributed by atoms with van der Waals surface area (Å²) in [6, 6.07) is 10.3. The number of aliphatic imine (C=N–C) groups is 1. The smallest absolute Gasteiger partial charge is 0.224 e. The number of hydrogen-bond donors (Lipinski definition) is 2. The van der Waals surface area contributed by atoms with Crippen molar-refractivity contribution in [2.75, 3.05) is 45.8 Å². The summed E-state index contributed by atoms with van der Waals surface area (Å²) in [7, 11) is 0. The number of likely N-dealkylation sites (tertiary alicyclic amines) is 1. The Bertz CT molecular complexity index is 688. The third-order valence-electron chi connectivity index (χ3n) is 5.41. The Morgan fingerprint density at radius 3 is 2.57 bits per heavy atom. The van der Waals surface area contributed by atoms with E-state index < -0.39 is 0 Å². The van der Waals surface area contributed by atoms with Crippen molar-refractivity contribution in [3.63, 3.8) is 0 Å². The molecule has 7 heteroatoms. The van der Waals surface area contributed by atoms with Crippen LogP contribution >= 0.6 is 0 Å². The zero-order chi connectivity index (χ0) is 21.8. The molecule has 1 aliphatic heterocycles. The number of carbonyl (C=O) groups is 2. The van der Waals surface area contributed by atoms with Crippen LogP contribution in [0.1, 0.15) is 39.2 Å². The normalized spacial score (nSPS) is 16.6. The van der Waals surface area contributed by atoms with Crippen molar-refractivity contribution in [3.05, 3.63) is 35.9 Å². The molecule has 1 fully saturated rings. The average Bonchev–Trinajstić information content (AvgIpc) is 3.11. The minimum Gasteiger partial charge on any atom is -0.357 e. The van der Waals surface area contributed by atoms with E-state index in [0.717, 1.165) is 39.1 Å². The van der Waals surface area contributed by atoms with Gasteiger partial charge in [-0.15, -0.1) is 0 Å². The number of carbonyl (C=O) groups excluding carboxylic acids is 2. The maximum Gasteiger partial charge on any atom is 0.224 e. The van der Waals surface area contributed by atoms with Gasteiger partial charge in [0.05, 0.1) is 0 Å². The number of benzene rings is 1. The van der Waals surface area contributed by atoms with Crippen LogP contribution in [0.5, 0.6) is 0 Å². The number of rotatable bonds is 11. The van der Waals surface area contributed by atoms with Gasteiger partial charge >= 0.3 is 0 Å². The first kappa shape index (κ1) is 23.7. The standard InChI is InChI=1S/C23H37N5O2/c1-4-24-23(25-14-12-21(29)27(5-2)6-3)26-17-20-16-22(30)28(18-20)15-13-19-10-8-7-9-11-19/h7-11,20H,4-6,12-18H2,1-3H3,(H2,24,25,26). The molecule has 0 radical (unpaired) electrons. The van der Waals surface area contributed by atoms with Gasteiger partial charge in [-0.3, -0.25) is 14.6 Å². The lowest BCUT2D eigenvalue weighted by Crippen LogP contribution is -2.40. The van der Waals surface area contributed by atoms with Crippen LogP contribution in [0, 0.1) is 5.92 Å². The fourth-order valence-corrected chi connectivity index (χ4v) is 3.69. The second-order valence-corrected chi connectivity index (χ2v) is 7.61. The number of nitrogens with one attached hydrogen (secondary N) is 2. The van der Waals surface area contributed by atoms with E-state index in [1.54, 1.807) is 0 Å². The Balaban J connectivity index is 1.78. The third-order valence-corrected chi connectivity index (χ3v) is 5.41. The van der Waals surface area contributed by atoms with E-state index in [1.807, 2.05) is 48.8 Å². The van der Waals surface area contributed by atoms with Gasteiger partial charge in [0.1, 0.15) is 0 Å². The maximum absolute atomic E-state index is 12.3. The van der Waals surface area contributed by atoms with E-state index in [1.165, 1.54) is 5.56 Å². The van der Waals surface area contributed by atoms with Crippen LogP contribution in [0.2, 0.25) is 0 Å².